The second-order valence-electron chi connectivity index (χ2n) is 5.14. The monoisotopic (exact) mass is 242 g/mol. The van der Waals surface area contributed by atoms with Gasteiger partial charge >= 0.3 is 0 Å². The Morgan fingerprint density at radius 2 is 2.38 bits per heavy atom. The molecule has 0 amide bonds. The number of hydrogen-bond acceptors (Lipinski definition) is 3. The van der Waals surface area contributed by atoms with Crippen molar-refractivity contribution in [3.05, 3.63) is 16.9 Å². The highest BCUT2D eigenvalue weighted by Gasteiger charge is 2.51. The quantitative estimate of drug-likeness (QED) is 0.628. The van der Waals surface area contributed by atoms with Crippen LogP contribution in [-0.2, 0) is 6.54 Å². The molecule has 3 N–H and O–H groups in total. The Labute approximate surface area is 101 Å². The van der Waals surface area contributed by atoms with Gasteiger partial charge in [-0.05, 0) is 24.7 Å². The van der Waals surface area contributed by atoms with Gasteiger partial charge in [0.1, 0.15) is 0 Å². The topological polar surface area (TPSA) is 55.9 Å². The van der Waals surface area contributed by atoms with E-state index in [2.05, 4.69) is 31.3 Å². The number of aryl methyl sites for hydroxylation is 1. The van der Waals surface area contributed by atoms with Crippen LogP contribution in [0.3, 0.4) is 0 Å². The number of nitrogens with two attached hydrogens (primary N) is 1. The predicted octanol–water partition coefficient (Wildman–Crippen LogP) is 2.11. The lowest BCUT2D eigenvalue weighted by molar-refractivity contribution is 0.396. The van der Waals surface area contributed by atoms with Crippen LogP contribution in [-0.4, -0.2) is 9.78 Å². The lowest BCUT2D eigenvalue weighted by Gasteiger charge is -2.19. The number of nitrogens with zero attached hydrogens (tertiary/aromatic N) is 2. The normalized spacial score (nSPS) is 24.4. The second kappa shape index (κ2) is 4.02. The van der Waals surface area contributed by atoms with E-state index in [0.717, 1.165) is 12.2 Å². The van der Waals surface area contributed by atoms with Crippen molar-refractivity contribution in [2.24, 2.45) is 17.2 Å². The standard InChI is InChI=1S/C11H19ClN4/c1-4-16-10(8(12)6-14-16)9(15-13)7-5-11(7,2)3/h6-7,9,15H,4-5,13H2,1-3H3. The van der Waals surface area contributed by atoms with E-state index in [1.807, 2.05) is 4.68 Å². The van der Waals surface area contributed by atoms with E-state index >= 15 is 0 Å². The van der Waals surface area contributed by atoms with Crippen molar-refractivity contribution in [3.8, 4) is 0 Å². The summed E-state index contributed by atoms with van der Waals surface area (Å²) in [5.74, 6) is 6.21. The van der Waals surface area contributed by atoms with Gasteiger partial charge in [-0.2, -0.15) is 5.10 Å². The van der Waals surface area contributed by atoms with Crippen molar-refractivity contribution in [2.75, 3.05) is 0 Å². The SMILES string of the molecule is CCn1ncc(Cl)c1C(NN)C1CC1(C)C. The van der Waals surface area contributed by atoms with Gasteiger partial charge in [-0.3, -0.25) is 16.0 Å². The van der Waals surface area contributed by atoms with Crippen molar-refractivity contribution in [3.63, 3.8) is 0 Å². The molecule has 1 heterocycles. The minimum absolute atomic E-state index is 0.102. The van der Waals surface area contributed by atoms with Gasteiger partial charge in [0.25, 0.3) is 0 Å². The fourth-order valence-corrected chi connectivity index (χ4v) is 2.65. The molecule has 0 radical (unpaired) electrons. The van der Waals surface area contributed by atoms with Crippen molar-refractivity contribution in [1.29, 1.82) is 0 Å². The Kier molecular flexibility index (Phi) is 2.99. The molecule has 0 aromatic carbocycles. The highest BCUT2D eigenvalue weighted by atomic mass is 35.5. The first-order valence-corrected chi connectivity index (χ1v) is 6.06. The summed E-state index contributed by atoms with van der Waals surface area (Å²) in [6.45, 7) is 7.37. The highest BCUT2D eigenvalue weighted by molar-refractivity contribution is 6.31. The van der Waals surface area contributed by atoms with Crippen LogP contribution in [0.1, 0.15) is 38.9 Å². The summed E-state index contributed by atoms with van der Waals surface area (Å²) >= 11 is 6.18. The third kappa shape index (κ3) is 1.85. The zero-order chi connectivity index (χ0) is 11.9. The van der Waals surface area contributed by atoms with Gasteiger partial charge in [0, 0.05) is 6.54 Å². The van der Waals surface area contributed by atoms with Gasteiger partial charge < -0.3 is 0 Å². The van der Waals surface area contributed by atoms with E-state index in [0.29, 0.717) is 16.4 Å². The van der Waals surface area contributed by atoms with Crippen LogP contribution < -0.4 is 11.3 Å². The Bertz CT molecular complexity index is 385. The summed E-state index contributed by atoms with van der Waals surface area (Å²) in [6, 6.07) is 0.102. The van der Waals surface area contributed by atoms with Crippen LogP contribution in [0.15, 0.2) is 6.20 Å². The van der Waals surface area contributed by atoms with Crippen LogP contribution in [0.2, 0.25) is 5.02 Å². The molecule has 5 heteroatoms. The van der Waals surface area contributed by atoms with Gasteiger partial charge in [-0.1, -0.05) is 25.4 Å². The molecule has 1 aromatic rings. The molecule has 1 aliphatic rings. The average Bonchev–Trinajstić information content (AvgIpc) is 2.69. The molecule has 2 unspecified atom stereocenters. The lowest BCUT2D eigenvalue weighted by atomic mass is 10.0. The molecular formula is C11H19ClN4. The van der Waals surface area contributed by atoms with Crippen LogP contribution in [0, 0.1) is 11.3 Å². The first-order chi connectivity index (χ1) is 7.51. The van der Waals surface area contributed by atoms with Crippen molar-refractivity contribution < 1.29 is 0 Å². The molecule has 90 valence electrons. The predicted molar refractivity (Wildman–Crippen MR) is 64.9 cm³/mol. The summed E-state index contributed by atoms with van der Waals surface area (Å²) in [4.78, 5) is 0. The summed E-state index contributed by atoms with van der Waals surface area (Å²) in [6.07, 6.45) is 2.87. The molecule has 0 aliphatic heterocycles. The number of hydrogen-bond donors (Lipinski definition) is 2. The van der Waals surface area contributed by atoms with Gasteiger partial charge in [-0.15, -0.1) is 0 Å². The zero-order valence-electron chi connectivity index (χ0n) is 10.00. The van der Waals surface area contributed by atoms with Crippen LogP contribution in [0.25, 0.3) is 0 Å². The maximum Gasteiger partial charge on any atom is 0.0834 e. The molecule has 0 saturated heterocycles. The molecule has 2 atom stereocenters. The van der Waals surface area contributed by atoms with Gasteiger partial charge in [0.2, 0.25) is 0 Å². The summed E-state index contributed by atoms with van der Waals surface area (Å²) in [7, 11) is 0. The molecule has 4 nitrogen and oxygen atoms in total. The van der Waals surface area contributed by atoms with Crippen molar-refractivity contribution in [1.82, 2.24) is 15.2 Å². The Hall–Kier alpha value is -0.580. The summed E-state index contributed by atoms with van der Waals surface area (Å²) in [5, 5.41) is 4.95. The molecule has 0 spiro atoms. The first-order valence-electron chi connectivity index (χ1n) is 5.68. The smallest absolute Gasteiger partial charge is 0.0834 e. The Morgan fingerprint density at radius 3 is 2.81 bits per heavy atom. The van der Waals surface area contributed by atoms with E-state index in [-0.39, 0.29) is 6.04 Å². The Morgan fingerprint density at radius 1 is 1.75 bits per heavy atom. The third-order valence-corrected chi connectivity index (χ3v) is 3.89. The first kappa shape index (κ1) is 11.9. The average molecular weight is 243 g/mol. The highest BCUT2D eigenvalue weighted by Crippen LogP contribution is 2.58. The Balaban J connectivity index is 2.30. The van der Waals surface area contributed by atoms with E-state index in [1.54, 1.807) is 6.20 Å². The van der Waals surface area contributed by atoms with Crippen molar-refractivity contribution in [2.45, 2.75) is 39.8 Å². The van der Waals surface area contributed by atoms with Crippen LogP contribution >= 0.6 is 11.6 Å². The van der Waals surface area contributed by atoms with E-state index in [9.17, 15) is 0 Å². The second-order valence-corrected chi connectivity index (χ2v) is 5.54. The number of aromatic nitrogens is 2. The molecule has 0 bridgehead atoms. The maximum absolute atomic E-state index is 6.18. The fraction of sp³-hybridized carbons (Fsp3) is 0.727. The largest absolute Gasteiger partial charge is 0.271 e. The summed E-state index contributed by atoms with van der Waals surface area (Å²) < 4.78 is 1.92. The van der Waals surface area contributed by atoms with Crippen LogP contribution in [0.5, 0.6) is 0 Å². The molecule has 2 rings (SSSR count). The zero-order valence-corrected chi connectivity index (χ0v) is 10.8. The molecule has 1 aromatic heterocycles. The van der Waals surface area contributed by atoms with E-state index < -0.39 is 0 Å². The molecule has 1 aliphatic carbocycles. The maximum atomic E-state index is 6.18. The number of rotatable bonds is 4. The van der Waals surface area contributed by atoms with Gasteiger partial charge in [-0.25, -0.2) is 0 Å². The number of halogens is 1. The number of hydrazine groups is 1. The van der Waals surface area contributed by atoms with Gasteiger partial charge in [0.15, 0.2) is 0 Å². The van der Waals surface area contributed by atoms with E-state index in [1.165, 1.54) is 6.42 Å². The van der Waals surface area contributed by atoms with E-state index in [4.69, 9.17) is 17.4 Å². The van der Waals surface area contributed by atoms with Crippen molar-refractivity contribution >= 4 is 11.6 Å². The molecular weight excluding hydrogens is 224 g/mol. The minimum atomic E-state index is 0.102. The third-order valence-electron chi connectivity index (χ3n) is 3.60. The fourth-order valence-electron chi connectivity index (χ4n) is 2.40. The van der Waals surface area contributed by atoms with Crippen LogP contribution in [0.4, 0.5) is 0 Å². The minimum Gasteiger partial charge on any atom is -0.271 e. The summed E-state index contributed by atoms with van der Waals surface area (Å²) in [5.41, 5.74) is 4.26. The molecule has 1 fully saturated rings. The number of nitrogens with one attached hydrogen (secondary N) is 1. The lowest BCUT2D eigenvalue weighted by Crippen LogP contribution is -2.32. The molecule has 16 heavy (non-hydrogen) atoms. The molecule has 1 saturated carbocycles. The van der Waals surface area contributed by atoms with Gasteiger partial charge in [0.05, 0.1) is 23.0 Å².